The van der Waals surface area contributed by atoms with E-state index in [4.69, 9.17) is 5.84 Å². The number of nitrogens with zero attached hydrogens (tertiary/aromatic N) is 3. The van der Waals surface area contributed by atoms with E-state index in [1.54, 1.807) is 6.33 Å². The molecule has 108 valence electrons. The molecule has 0 saturated carbocycles. The summed E-state index contributed by atoms with van der Waals surface area (Å²) in [4.78, 5) is 4.36. The number of hydrogen-bond donors (Lipinski definition) is 2. The van der Waals surface area contributed by atoms with Gasteiger partial charge in [-0.05, 0) is 44.4 Å². The van der Waals surface area contributed by atoms with Gasteiger partial charge in [0, 0.05) is 12.5 Å². The molecule has 0 saturated heterocycles. The third kappa shape index (κ3) is 2.89. The van der Waals surface area contributed by atoms with Crippen LogP contribution in [0.1, 0.15) is 48.4 Å². The molecule has 5 nitrogen and oxygen atoms in total. The number of nitrogens with one attached hydrogen (secondary N) is 1. The van der Waals surface area contributed by atoms with Gasteiger partial charge in [-0.15, -0.1) is 0 Å². The van der Waals surface area contributed by atoms with Gasteiger partial charge in [0.1, 0.15) is 12.2 Å². The molecular weight excluding hydrogens is 250 g/mol. The summed E-state index contributed by atoms with van der Waals surface area (Å²) in [5.74, 6) is 6.71. The fourth-order valence-electron chi connectivity index (χ4n) is 2.44. The van der Waals surface area contributed by atoms with Crippen LogP contribution in [0.15, 0.2) is 24.5 Å². The largest absolute Gasteiger partial charge is 0.271 e. The van der Waals surface area contributed by atoms with E-state index in [1.807, 2.05) is 4.68 Å². The summed E-state index contributed by atoms with van der Waals surface area (Å²) in [5, 5.41) is 4.27. The number of hydrazine groups is 1. The molecule has 1 aromatic heterocycles. The summed E-state index contributed by atoms with van der Waals surface area (Å²) in [7, 11) is 0. The van der Waals surface area contributed by atoms with Crippen molar-refractivity contribution < 1.29 is 0 Å². The smallest absolute Gasteiger partial charge is 0.138 e. The predicted molar refractivity (Wildman–Crippen MR) is 80.1 cm³/mol. The molecule has 0 fully saturated rings. The van der Waals surface area contributed by atoms with Crippen molar-refractivity contribution in [3.63, 3.8) is 0 Å². The Kier molecular flexibility index (Phi) is 4.52. The van der Waals surface area contributed by atoms with Crippen molar-refractivity contribution >= 4 is 0 Å². The third-order valence-electron chi connectivity index (χ3n) is 3.75. The van der Waals surface area contributed by atoms with Gasteiger partial charge in [0.2, 0.25) is 0 Å². The zero-order valence-electron chi connectivity index (χ0n) is 12.6. The van der Waals surface area contributed by atoms with E-state index in [1.165, 1.54) is 16.7 Å². The Labute approximate surface area is 120 Å². The van der Waals surface area contributed by atoms with Crippen LogP contribution in [0.25, 0.3) is 0 Å². The van der Waals surface area contributed by atoms with Crippen molar-refractivity contribution in [2.24, 2.45) is 5.84 Å². The van der Waals surface area contributed by atoms with E-state index in [-0.39, 0.29) is 6.04 Å². The topological polar surface area (TPSA) is 68.8 Å². The molecule has 1 unspecified atom stereocenters. The monoisotopic (exact) mass is 273 g/mol. The summed E-state index contributed by atoms with van der Waals surface area (Å²) in [6, 6.07) is 6.63. The van der Waals surface area contributed by atoms with Crippen LogP contribution < -0.4 is 11.3 Å². The average molecular weight is 273 g/mol. The Morgan fingerprint density at radius 3 is 2.70 bits per heavy atom. The lowest BCUT2D eigenvalue weighted by atomic mass is 9.95. The highest BCUT2D eigenvalue weighted by Crippen LogP contribution is 2.23. The quantitative estimate of drug-likeness (QED) is 0.647. The van der Waals surface area contributed by atoms with Crippen LogP contribution in [0.5, 0.6) is 0 Å². The van der Waals surface area contributed by atoms with Gasteiger partial charge < -0.3 is 0 Å². The van der Waals surface area contributed by atoms with Crippen LogP contribution in [-0.4, -0.2) is 14.8 Å². The van der Waals surface area contributed by atoms with Crippen LogP contribution in [0.2, 0.25) is 0 Å². The molecule has 0 radical (unpaired) electrons. The first kappa shape index (κ1) is 14.7. The first-order valence-electron chi connectivity index (χ1n) is 6.95. The highest BCUT2D eigenvalue weighted by molar-refractivity contribution is 5.35. The second-order valence-corrected chi connectivity index (χ2v) is 5.43. The molecule has 0 aliphatic carbocycles. The van der Waals surface area contributed by atoms with Gasteiger partial charge in [0.05, 0.1) is 6.04 Å². The van der Waals surface area contributed by atoms with Crippen molar-refractivity contribution in [3.05, 3.63) is 47.0 Å². The second-order valence-electron chi connectivity index (χ2n) is 5.43. The number of nitrogens with two attached hydrogens (primary N) is 1. The number of hydrogen-bond acceptors (Lipinski definition) is 4. The predicted octanol–water partition coefficient (Wildman–Crippen LogP) is 2.22. The maximum Gasteiger partial charge on any atom is 0.138 e. The van der Waals surface area contributed by atoms with Crippen molar-refractivity contribution in [2.75, 3.05) is 0 Å². The number of benzene rings is 1. The first-order chi connectivity index (χ1) is 9.54. The third-order valence-corrected chi connectivity index (χ3v) is 3.75. The van der Waals surface area contributed by atoms with E-state index < -0.39 is 0 Å². The van der Waals surface area contributed by atoms with Gasteiger partial charge in [-0.3, -0.25) is 11.3 Å². The van der Waals surface area contributed by atoms with Gasteiger partial charge in [-0.2, -0.15) is 5.10 Å². The zero-order chi connectivity index (χ0) is 14.7. The van der Waals surface area contributed by atoms with Crippen LogP contribution >= 0.6 is 0 Å². The number of rotatable bonds is 5. The molecule has 5 heteroatoms. The van der Waals surface area contributed by atoms with E-state index in [2.05, 4.69) is 61.4 Å². The van der Waals surface area contributed by atoms with Crippen molar-refractivity contribution in [2.45, 2.75) is 46.2 Å². The van der Waals surface area contributed by atoms with E-state index in [0.717, 1.165) is 12.2 Å². The highest BCUT2D eigenvalue weighted by atomic mass is 15.3. The molecule has 1 heterocycles. The fraction of sp³-hybridized carbons (Fsp3) is 0.467. The lowest BCUT2D eigenvalue weighted by molar-refractivity contribution is 0.467. The van der Waals surface area contributed by atoms with Gasteiger partial charge in [-0.25, -0.2) is 9.67 Å². The lowest BCUT2D eigenvalue weighted by Crippen LogP contribution is -2.31. The van der Waals surface area contributed by atoms with E-state index >= 15 is 0 Å². The van der Waals surface area contributed by atoms with E-state index in [0.29, 0.717) is 6.04 Å². The van der Waals surface area contributed by atoms with Gasteiger partial charge in [0.15, 0.2) is 0 Å². The van der Waals surface area contributed by atoms with Crippen LogP contribution in [0.3, 0.4) is 0 Å². The minimum atomic E-state index is 0.0385. The van der Waals surface area contributed by atoms with Gasteiger partial charge >= 0.3 is 0 Å². The van der Waals surface area contributed by atoms with Crippen molar-refractivity contribution in [3.8, 4) is 0 Å². The second kappa shape index (κ2) is 6.15. The summed E-state index contributed by atoms with van der Waals surface area (Å²) in [5.41, 5.74) is 6.66. The van der Waals surface area contributed by atoms with Crippen LogP contribution in [0.4, 0.5) is 0 Å². The van der Waals surface area contributed by atoms with Crippen molar-refractivity contribution in [1.29, 1.82) is 0 Å². The van der Waals surface area contributed by atoms with Crippen LogP contribution in [0, 0.1) is 13.8 Å². The summed E-state index contributed by atoms with van der Waals surface area (Å²) in [6.07, 6.45) is 2.32. The fourth-order valence-corrected chi connectivity index (χ4v) is 2.44. The molecule has 0 bridgehead atoms. The maximum absolute atomic E-state index is 5.76. The Hall–Kier alpha value is -1.72. The van der Waals surface area contributed by atoms with Gasteiger partial charge in [0.25, 0.3) is 0 Å². The SMILES string of the molecule is Cc1cccc(C(Cc2ncnn2C(C)C)NN)c1C. The molecule has 0 amide bonds. The summed E-state index contributed by atoms with van der Waals surface area (Å²) < 4.78 is 1.94. The summed E-state index contributed by atoms with van der Waals surface area (Å²) >= 11 is 0. The normalized spacial score (nSPS) is 12.9. The van der Waals surface area contributed by atoms with Crippen LogP contribution in [-0.2, 0) is 6.42 Å². The Morgan fingerprint density at radius 2 is 2.05 bits per heavy atom. The molecule has 20 heavy (non-hydrogen) atoms. The molecule has 2 rings (SSSR count). The molecule has 0 aliphatic rings. The minimum absolute atomic E-state index is 0.0385. The lowest BCUT2D eigenvalue weighted by Gasteiger charge is -2.20. The van der Waals surface area contributed by atoms with Crippen molar-refractivity contribution in [1.82, 2.24) is 20.2 Å². The molecule has 0 spiro atoms. The number of aromatic nitrogens is 3. The zero-order valence-corrected chi connectivity index (χ0v) is 12.6. The summed E-state index contributed by atoms with van der Waals surface area (Å²) in [6.45, 7) is 8.44. The van der Waals surface area contributed by atoms with E-state index in [9.17, 15) is 0 Å². The Bertz CT molecular complexity index is 573. The standard InChI is InChI=1S/C15H23N5/c1-10(2)20-15(17-9-18-20)8-14(19-16)13-7-5-6-11(3)12(13)4/h5-7,9-10,14,19H,8,16H2,1-4H3. The molecular formula is C15H23N5. The maximum atomic E-state index is 5.76. The first-order valence-corrected chi connectivity index (χ1v) is 6.95. The molecule has 1 aromatic carbocycles. The molecule has 1 atom stereocenters. The Balaban J connectivity index is 2.29. The van der Waals surface area contributed by atoms with Gasteiger partial charge in [-0.1, -0.05) is 18.2 Å². The highest BCUT2D eigenvalue weighted by Gasteiger charge is 2.17. The Morgan fingerprint density at radius 1 is 1.30 bits per heavy atom. The molecule has 0 aliphatic heterocycles. The molecule has 2 aromatic rings. The average Bonchev–Trinajstić information content (AvgIpc) is 2.88. The molecule has 3 N–H and O–H groups in total. The number of aryl methyl sites for hydroxylation is 1. The minimum Gasteiger partial charge on any atom is -0.271 e.